The summed E-state index contributed by atoms with van der Waals surface area (Å²) in [5.74, 6) is 1.98. The van der Waals surface area contributed by atoms with E-state index in [2.05, 4.69) is 20.9 Å². The lowest BCUT2D eigenvalue weighted by Gasteiger charge is -2.14. The van der Waals surface area contributed by atoms with Gasteiger partial charge in [0.25, 0.3) is 5.91 Å². The van der Waals surface area contributed by atoms with Crippen molar-refractivity contribution in [3.05, 3.63) is 59.7 Å². The van der Waals surface area contributed by atoms with Crippen LogP contribution in [0.3, 0.4) is 0 Å². The van der Waals surface area contributed by atoms with E-state index in [0.717, 1.165) is 11.3 Å². The lowest BCUT2D eigenvalue weighted by Crippen LogP contribution is -2.41. The zero-order valence-electron chi connectivity index (χ0n) is 16.3. The van der Waals surface area contributed by atoms with E-state index in [1.54, 1.807) is 45.5 Å². The third-order valence-corrected chi connectivity index (χ3v) is 3.90. The summed E-state index contributed by atoms with van der Waals surface area (Å²) < 4.78 is 10.5. The second kappa shape index (κ2) is 12.8. The number of carbonyl (C=O) groups excluding carboxylic acids is 1. The van der Waals surface area contributed by atoms with Crippen LogP contribution < -0.4 is 25.4 Å². The van der Waals surface area contributed by atoms with Crippen LogP contribution in [0.4, 0.5) is 0 Å². The summed E-state index contributed by atoms with van der Waals surface area (Å²) in [5.41, 5.74) is 1.60. The summed E-state index contributed by atoms with van der Waals surface area (Å²) in [6.45, 7) is 1.59. The Morgan fingerprint density at radius 3 is 2.43 bits per heavy atom. The zero-order valence-corrected chi connectivity index (χ0v) is 18.7. The van der Waals surface area contributed by atoms with Crippen molar-refractivity contribution in [2.45, 2.75) is 6.54 Å². The lowest BCUT2D eigenvalue weighted by atomic mass is 10.2. The first-order valence-electron chi connectivity index (χ1n) is 8.66. The molecule has 0 unspecified atom stereocenters. The van der Waals surface area contributed by atoms with Crippen LogP contribution in [-0.2, 0) is 6.54 Å². The summed E-state index contributed by atoms with van der Waals surface area (Å²) in [4.78, 5) is 16.3. The van der Waals surface area contributed by atoms with E-state index in [9.17, 15) is 4.79 Å². The Hall–Kier alpha value is -2.49. The lowest BCUT2D eigenvalue weighted by molar-refractivity contribution is 0.0954. The van der Waals surface area contributed by atoms with Crippen LogP contribution in [0.25, 0.3) is 0 Å². The van der Waals surface area contributed by atoms with Crippen molar-refractivity contribution >= 4 is 35.8 Å². The van der Waals surface area contributed by atoms with Gasteiger partial charge >= 0.3 is 0 Å². The van der Waals surface area contributed by atoms with E-state index in [1.165, 1.54) is 0 Å². The van der Waals surface area contributed by atoms with Crippen molar-refractivity contribution < 1.29 is 14.3 Å². The maximum atomic E-state index is 12.2. The van der Waals surface area contributed by atoms with Crippen molar-refractivity contribution in [3.63, 3.8) is 0 Å². The Morgan fingerprint density at radius 1 is 0.964 bits per heavy atom. The number of benzene rings is 2. The van der Waals surface area contributed by atoms with Gasteiger partial charge in [-0.15, -0.1) is 24.0 Å². The summed E-state index contributed by atoms with van der Waals surface area (Å²) in [5, 5.41) is 9.25. The van der Waals surface area contributed by atoms with Crippen molar-refractivity contribution in [2.24, 2.45) is 4.99 Å². The van der Waals surface area contributed by atoms with Gasteiger partial charge in [0, 0.05) is 37.8 Å². The van der Waals surface area contributed by atoms with Crippen LogP contribution in [0, 0.1) is 0 Å². The topological polar surface area (TPSA) is 84.0 Å². The van der Waals surface area contributed by atoms with Crippen LogP contribution in [0.2, 0.25) is 0 Å². The largest absolute Gasteiger partial charge is 0.497 e. The van der Waals surface area contributed by atoms with Gasteiger partial charge in [-0.2, -0.15) is 0 Å². The Morgan fingerprint density at radius 2 is 1.71 bits per heavy atom. The molecule has 0 radical (unpaired) electrons. The van der Waals surface area contributed by atoms with E-state index in [-0.39, 0.29) is 29.9 Å². The summed E-state index contributed by atoms with van der Waals surface area (Å²) in [6, 6.07) is 14.8. The first-order chi connectivity index (χ1) is 13.2. The Kier molecular flexibility index (Phi) is 10.8. The number of rotatable bonds is 8. The molecule has 0 fully saturated rings. The summed E-state index contributed by atoms with van der Waals surface area (Å²) in [7, 11) is 4.92. The fourth-order valence-electron chi connectivity index (χ4n) is 2.47. The number of para-hydroxylation sites is 1. The molecule has 0 aliphatic carbocycles. The number of amides is 1. The van der Waals surface area contributed by atoms with E-state index in [4.69, 9.17) is 9.47 Å². The molecule has 0 atom stereocenters. The molecular weight excluding hydrogens is 471 g/mol. The molecule has 2 aromatic carbocycles. The third kappa shape index (κ3) is 7.26. The monoisotopic (exact) mass is 498 g/mol. The smallest absolute Gasteiger partial charge is 0.251 e. The van der Waals surface area contributed by atoms with Gasteiger partial charge in [0.2, 0.25) is 0 Å². The number of guanidine groups is 1. The van der Waals surface area contributed by atoms with Crippen LogP contribution in [0.15, 0.2) is 53.5 Å². The Balaban J connectivity index is 0.00000392. The molecule has 0 aliphatic rings. The number of aliphatic imine (C=N–C) groups is 1. The Bertz CT molecular complexity index is 784. The molecule has 0 aromatic heterocycles. The van der Waals surface area contributed by atoms with Gasteiger partial charge in [0.05, 0.1) is 14.2 Å². The van der Waals surface area contributed by atoms with Crippen molar-refractivity contribution in [1.82, 2.24) is 16.0 Å². The molecule has 0 heterocycles. The molecule has 8 heteroatoms. The quantitative estimate of drug-likeness (QED) is 0.226. The molecule has 28 heavy (non-hydrogen) atoms. The van der Waals surface area contributed by atoms with E-state index >= 15 is 0 Å². The fraction of sp³-hybridized carbons (Fsp3) is 0.300. The second-order valence-electron chi connectivity index (χ2n) is 5.65. The molecule has 152 valence electrons. The maximum absolute atomic E-state index is 12.2. The summed E-state index contributed by atoms with van der Waals surface area (Å²) >= 11 is 0. The minimum atomic E-state index is -0.146. The van der Waals surface area contributed by atoms with E-state index in [0.29, 0.717) is 36.9 Å². The van der Waals surface area contributed by atoms with Gasteiger partial charge in [-0.3, -0.25) is 9.79 Å². The van der Waals surface area contributed by atoms with Crippen LogP contribution in [0.5, 0.6) is 11.5 Å². The molecular formula is C20H27IN4O3. The number of nitrogens with zero attached hydrogens (tertiary/aromatic N) is 1. The number of carbonyl (C=O) groups is 1. The van der Waals surface area contributed by atoms with E-state index in [1.807, 2.05) is 24.3 Å². The molecule has 0 bridgehead atoms. The molecule has 3 N–H and O–H groups in total. The van der Waals surface area contributed by atoms with Gasteiger partial charge < -0.3 is 25.4 Å². The highest BCUT2D eigenvalue weighted by atomic mass is 127. The standard InChI is InChI=1S/C20H26N4O3.HI/c1-21-20(24-14-16-7-4-5-10-18(16)27-3)23-12-11-22-19(25)15-8-6-9-17(13-15)26-2;/h4-10,13H,11-12,14H2,1-3H3,(H,22,25)(H2,21,23,24);1H. The molecule has 0 saturated heterocycles. The molecule has 0 spiro atoms. The van der Waals surface area contributed by atoms with Crippen molar-refractivity contribution in [2.75, 3.05) is 34.4 Å². The van der Waals surface area contributed by atoms with Gasteiger partial charge in [-0.05, 0) is 24.3 Å². The minimum absolute atomic E-state index is 0. The highest BCUT2D eigenvalue weighted by Crippen LogP contribution is 2.16. The van der Waals surface area contributed by atoms with Crippen LogP contribution in [0.1, 0.15) is 15.9 Å². The van der Waals surface area contributed by atoms with Gasteiger partial charge in [0.1, 0.15) is 11.5 Å². The molecule has 7 nitrogen and oxygen atoms in total. The number of methoxy groups -OCH3 is 2. The molecule has 0 aliphatic heterocycles. The van der Waals surface area contributed by atoms with Crippen LogP contribution in [-0.4, -0.2) is 46.2 Å². The molecule has 2 rings (SSSR count). The van der Waals surface area contributed by atoms with E-state index < -0.39 is 0 Å². The number of ether oxygens (including phenoxy) is 2. The maximum Gasteiger partial charge on any atom is 0.251 e. The fourth-order valence-corrected chi connectivity index (χ4v) is 2.47. The first-order valence-corrected chi connectivity index (χ1v) is 8.66. The van der Waals surface area contributed by atoms with Crippen molar-refractivity contribution in [3.8, 4) is 11.5 Å². The van der Waals surface area contributed by atoms with Crippen LogP contribution >= 0.6 is 24.0 Å². The SMILES string of the molecule is CN=C(NCCNC(=O)c1cccc(OC)c1)NCc1ccccc1OC.I. The van der Waals surface area contributed by atoms with Gasteiger partial charge in [-0.25, -0.2) is 0 Å². The van der Waals surface area contributed by atoms with Crippen molar-refractivity contribution in [1.29, 1.82) is 0 Å². The highest BCUT2D eigenvalue weighted by Gasteiger charge is 2.06. The normalized spacial score (nSPS) is 10.5. The first kappa shape index (κ1) is 23.5. The predicted octanol–water partition coefficient (Wildman–Crippen LogP) is 2.42. The number of nitrogens with one attached hydrogen (secondary N) is 3. The summed E-state index contributed by atoms with van der Waals surface area (Å²) in [6.07, 6.45) is 0. The zero-order chi connectivity index (χ0) is 19.5. The highest BCUT2D eigenvalue weighted by molar-refractivity contribution is 14.0. The number of hydrogen-bond donors (Lipinski definition) is 3. The number of halogens is 1. The molecule has 2 aromatic rings. The molecule has 0 saturated carbocycles. The Labute approximate surface area is 182 Å². The third-order valence-electron chi connectivity index (χ3n) is 3.90. The van der Waals surface area contributed by atoms with Gasteiger partial charge in [-0.1, -0.05) is 24.3 Å². The van der Waals surface area contributed by atoms with Gasteiger partial charge in [0.15, 0.2) is 5.96 Å². The minimum Gasteiger partial charge on any atom is -0.497 e. The second-order valence-corrected chi connectivity index (χ2v) is 5.65. The predicted molar refractivity (Wildman–Crippen MR) is 122 cm³/mol. The number of hydrogen-bond acceptors (Lipinski definition) is 4. The average Bonchev–Trinajstić information content (AvgIpc) is 2.73. The average molecular weight is 498 g/mol. The molecule has 1 amide bonds.